The average molecular weight is 319 g/mol. The second-order valence-corrected chi connectivity index (χ2v) is 5.39. The van der Waals surface area contributed by atoms with Gasteiger partial charge in [0.2, 0.25) is 0 Å². The summed E-state index contributed by atoms with van der Waals surface area (Å²) < 4.78 is 13.1. The van der Waals surface area contributed by atoms with Crippen molar-refractivity contribution in [1.82, 2.24) is 0 Å². The van der Waals surface area contributed by atoms with Crippen molar-refractivity contribution in [2.45, 2.75) is 13.5 Å². The molecule has 0 radical (unpaired) electrons. The molecule has 1 nitrogen and oxygen atoms in total. The smallest absolute Gasteiger partial charge is 0.123 e. The summed E-state index contributed by atoms with van der Waals surface area (Å²) in [6.45, 7) is 2.25. The molecule has 1 N–H and O–H groups in total. The molecule has 2 aromatic rings. The topological polar surface area (TPSA) is 12.0 Å². The normalized spacial score (nSPS) is 10.6. The van der Waals surface area contributed by atoms with Gasteiger partial charge in [0, 0.05) is 16.6 Å². The molecule has 19 heavy (non-hydrogen) atoms. The fourth-order valence-electron chi connectivity index (χ4n) is 1.65. The Morgan fingerprint density at radius 2 is 1.74 bits per heavy atom. The number of nitrogens with one attached hydrogen (secondary N) is 1. The van der Waals surface area contributed by atoms with E-state index in [2.05, 4.69) is 5.32 Å². The van der Waals surface area contributed by atoms with Crippen LogP contribution in [0.5, 0.6) is 0 Å². The van der Waals surface area contributed by atoms with E-state index in [1.807, 2.05) is 6.92 Å². The monoisotopic (exact) mass is 317 g/mol. The van der Waals surface area contributed by atoms with E-state index in [9.17, 15) is 4.39 Å². The first-order valence-corrected chi connectivity index (χ1v) is 6.74. The predicted octanol–water partition coefficient (Wildman–Crippen LogP) is 5.71. The molecule has 0 saturated heterocycles. The van der Waals surface area contributed by atoms with Crippen LogP contribution in [0.25, 0.3) is 0 Å². The van der Waals surface area contributed by atoms with E-state index in [1.54, 1.807) is 12.1 Å². The summed E-state index contributed by atoms with van der Waals surface area (Å²) >= 11 is 18.1. The van der Waals surface area contributed by atoms with E-state index in [0.717, 1.165) is 5.56 Å². The van der Waals surface area contributed by atoms with Gasteiger partial charge in [0.05, 0.1) is 10.7 Å². The van der Waals surface area contributed by atoms with Crippen LogP contribution in [0, 0.1) is 12.7 Å². The lowest BCUT2D eigenvalue weighted by molar-refractivity contribution is 0.626. The molecule has 0 amide bonds. The van der Waals surface area contributed by atoms with Crippen LogP contribution in [0.2, 0.25) is 15.1 Å². The van der Waals surface area contributed by atoms with Gasteiger partial charge in [-0.2, -0.15) is 0 Å². The Bertz CT molecular complexity index is 614. The van der Waals surface area contributed by atoms with Crippen LogP contribution in [-0.2, 0) is 6.54 Å². The van der Waals surface area contributed by atoms with Gasteiger partial charge in [0.25, 0.3) is 0 Å². The van der Waals surface area contributed by atoms with E-state index < -0.39 is 0 Å². The van der Waals surface area contributed by atoms with Gasteiger partial charge >= 0.3 is 0 Å². The minimum Gasteiger partial charge on any atom is -0.380 e. The highest BCUT2D eigenvalue weighted by atomic mass is 35.5. The van der Waals surface area contributed by atoms with E-state index in [1.165, 1.54) is 18.2 Å². The predicted molar refractivity (Wildman–Crippen MR) is 79.9 cm³/mol. The quantitative estimate of drug-likeness (QED) is 0.764. The zero-order valence-electron chi connectivity index (χ0n) is 10.1. The highest BCUT2D eigenvalue weighted by Crippen LogP contribution is 2.29. The third-order valence-corrected chi connectivity index (χ3v) is 3.81. The molecule has 2 aromatic carbocycles. The summed E-state index contributed by atoms with van der Waals surface area (Å²) in [7, 11) is 0. The lowest BCUT2D eigenvalue weighted by Gasteiger charge is -2.11. The lowest BCUT2D eigenvalue weighted by Crippen LogP contribution is -2.01. The second-order valence-electron chi connectivity index (χ2n) is 4.17. The standard InChI is InChI=1S/C14H11Cl3FN/c1-8-4-13(17)14(6-12(8)16)19-7-9-5-10(18)2-3-11(9)15/h2-6,19H,7H2,1H3. The molecule has 0 saturated carbocycles. The van der Waals surface area contributed by atoms with Crippen LogP contribution in [0.1, 0.15) is 11.1 Å². The zero-order chi connectivity index (χ0) is 14.0. The molecule has 0 unspecified atom stereocenters. The van der Waals surface area contributed by atoms with E-state index >= 15 is 0 Å². The van der Waals surface area contributed by atoms with Crippen LogP contribution >= 0.6 is 34.8 Å². The van der Waals surface area contributed by atoms with Gasteiger partial charge in [0.15, 0.2) is 0 Å². The van der Waals surface area contributed by atoms with Gasteiger partial charge in [-0.3, -0.25) is 0 Å². The molecule has 0 bridgehead atoms. The second kappa shape index (κ2) is 6.00. The molecule has 0 spiro atoms. The molecule has 0 aliphatic rings. The molecule has 100 valence electrons. The van der Waals surface area contributed by atoms with Crippen molar-refractivity contribution >= 4 is 40.5 Å². The molecule has 5 heteroatoms. The summed E-state index contributed by atoms with van der Waals surface area (Å²) in [4.78, 5) is 0. The fourth-order valence-corrected chi connectivity index (χ4v) is 2.28. The van der Waals surface area contributed by atoms with Gasteiger partial charge in [-0.05, 0) is 48.4 Å². The maximum absolute atomic E-state index is 13.1. The Morgan fingerprint density at radius 1 is 1.00 bits per heavy atom. The van der Waals surface area contributed by atoms with Crippen LogP contribution in [0.15, 0.2) is 30.3 Å². The highest BCUT2D eigenvalue weighted by Gasteiger charge is 2.06. The molecular formula is C14H11Cl3FN. The van der Waals surface area contributed by atoms with Gasteiger partial charge in [0.1, 0.15) is 5.82 Å². The van der Waals surface area contributed by atoms with Crippen molar-refractivity contribution in [2.75, 3.05) is 5.32 Å². The molecule has 0 aromatic heterocycles. The number of hydrogen-bond donors (Lipinski definition) is 1. The Hall–Kier alpha value is -0.960. The molecular weight excluding hydrogens is 308 g/mol. The van der Waals surface area contributed by atoms with Crippen molar-refractivity contribution < 1.29 is 4.39 Å². The largest absolute Gasteiger partial charge is 0.380 e. The number of anilines is 1. The molecule has 0 fully saturated rings. The summed E-state index contributed by atoms with van der Waals surface area (Å²) in [5.74, 6) is -0.325. The average Bonchev–Trinajstić information content (AvgIpc) is 2.36. The van der Waals surface area contributed by atoms with Gasteiger partial charge in [-0.1, -0.05) is 34.8 Å². The Labute approximate surface area is 126 Å². The fraction of sp³-hybridized carbons (Fsp3) is 0.143. The first-order chi connectivity index (χ1) is 8.97. The van der Waals surface area contributed by atoms with Crippen molar-refractivity contribution in [3.63, 3.8) is 0 Å². The van der Waals surface area contributed by atoms with Crippen LogP contribution in [0.3, 0.4) is 0 Å². The summed E-state index contributed by atoms with van der Waals surface area (Å²) in [6.07, 6.45) is 0. The van der Waals surface area contributed by atoms with Crippen LogP contribution in [0.4, 0.5) is 10.1 Å². The molecule has 0 atom stereocenters. The van der Waals surface area contributed by atoms with Gasteiger partial charge < -0.3 is 5.32 Å². The maximum Gasteiger partial charge on any atom is 0.123 e. The summed E-state index contributed by atoms with van der Waals surface area (Å²) in [5.41, 5.74) is 2.26. The summed E-state index contributed by atoms with van der Waals surface area (Å²) in [6, 6.07) is 7.75. The van der Waals surface area contributed by atoms with Gasteiger partial charge in [-0.15, -0.1) is 0 Å². The van der Waals surface area contributed by atoms with E-state index in [4.69, 9.17) is 34.8 Å². The Morgan fingerprint density at radius 3 is 2.47 bits per heavy atom. The Balaban J connectivity index is 2.19. The zero-order valence-corrected chi connectivity index (χ0v) is 12.4. The lowest BCUT2D eigenvalue weighted by atomic mass is 10.2. The third kappa shape index (κ3) is 3.53. The minimum atomic E-state index is -0.325. The van der Waals surface area contributed by atoms with E-state index in [0.29, 0.717) is 32.9 Å². The SMILES string of the molecule is Cc1cc(Cl)c(NCc2cc(F)ccc2Cl)cc1Cl. The molecule has 0 aliphatic carbocycles. The number of rotatable bonds is 3. The third-order valence-electron chi connectivity index (χ3n) is 2.73. The van der Waals surface area contributed by atoms with Gasteiger partial charge in [-0.25, -0.2) is 4.39 Å². The first kappa shape index (κ1) is 14.4. The Kier molecular flexibility index (Phi) is 4.56. The number of hydrogen-bond acceptors (Lipinski definition) is 1. The number of benzene rings is 2. The van der Waals surface area contributed by atoms with Crippen molar-refractivity contribution in [2.24, 2.45) is 0 Å². The first-order valence-electron chi connectivity index (χ1n) is 5.61. The molecule has 2 rings (SSSR count). The highest BCUT2D eigenvalue weighted by molar-refractivity contribution is 6.35. The molecule has 0 heterocycles. The number of aryl methyl sites for hydroxylation is 1. The molecule has 0 aliphatic heterocycles. The number of halogens is 4. The van der Waals surface area contributed by atoms with Crippen molar-refractivity contribution in [1.29, 1.82) is 0 Å². The summed E-state index contributed by atoms with van der Waals surface area (Å²) in [5, 5.41) is 4.79. The maximum atomic E-state index is 13.1. The minimum absolute atomic E-state index is 0.325. The van der Waals surface area contributed by atoms with Crippen LogP contribution < -0.4 is 5.32 Å². The van der Waals surface area contributed by atoms with E-state index in [-0.39, 0.29) is 5.82 Å². The van der Waals surface area contributed by atoms with Crippen molar-refractivity contribution in [3.8, 4) is 0 Å². The van der Waals surface area contributed by atoms with Crippen molar-refractivity contribution in [3.05, 3.63) is 62.3 Å². The van der Waals surface area contributed by atoms with Crippen LogP contribution in [-0.4, -0.2) is 0 Å².